The van der Waals surface area contributed by atoms with Crippen molar-refractivity contribution in [3.63, 3.8) is 0 Å². The molecule has 2 aliphatic carbocycles. The van der Waals surface area contributed by atoms with Crippen molar-refractivity contribution >= 4 is 5.90 Å². The molecule has 2 fully saturated rings. The second-order valence-electron chi connectivity index (χ2n) is 4.37. The van der Waals surface area contributed by atoms with Crippen LogP contribution in [0.5, 0.6) is 0 Å². The lowest BCUT2D eigenvalue weighted by Gasteiger charge is -2.15. The normalized spacial score (nSPS) is 21.8. The smallest absolute Gasteiger partial charge is 0.207 e. The summed E-state index contributed by atoms with van der Waals surface area (Å²) in [6.45, 7) is 0.721. The Kier molecular flexibility index (Phi) is 2.75. The van der Waals surface area contributed by atoms with Crippen molar-refractivity contribution in [2.24, 2.45) is 23.5 Å². The molecule has 3 heteroatoms. The Bertz CT molecular complexity index is 230. The summed E-state index contributed by atoms with van der Waals surface area (Å²) in [6, 6.07) is 0. The highest BCUT2D eigenvalue weighted by Crippen LogP contribution is 2.49. The Hall–Kier alpha value is -0.990. The summed E-state index contributed by atoms with van der Waals surface area (Å²) in [5.41, 5.74) is 5.18. The molecule has 2 aliphatic rings. The van der Waals surface area contributed by atoms with Gasteiger partial charge in [0.2, 0.25) is 5.90 Å². The fraction of sp³-hybridized carbons (Fsp3) is 0.727. The van der Waals surface area contributed by atoms with Crippen molar-refractivity contribution in [1.82, 2.24) is 0 Å². The van der Waals surface area contributed by atoms with Crippen molar-refractivity contribution in [1.29, 1.82) is 5.41 Å². The molecule has 0 saturated heterocycles. The second kappa shape index (κ2) is 4.03. The lowest BCUT2D eigenvalue weighted by atomic mass is 9.99. The van der Waals surface area contributed by atoms with E-state index in [0.717, 1.165) is 18.4 Å². The van der Waals surface area contributed by atoms with Crippen LogP contribution in [-0.2, 0) is 4.74 Å². The van der Waals surface area contributed by atoms with E-state index in [1.165, 1.54) is 38.0 Å². The molecular weight excluding hydrogens is 176 g/mol. The second-order valence-corrected chi connectivity index (χ2v) is 4.37. The van der Waals surface area contributed by atoms with Crippen LogP contribution in [0.3, 0.4) is 0 Å². The van der Waals surface area contributed by atoms with Crippen molar-refractivity contribution in [3.8, 4) is 0 Å². The minimum atomic E-state index is 0.193. The first kappa shape index (κ1) is 9.56. The molecule has 0 amide bonds. The maximum atomic E-state index is 7.42. The molecule has 0 bridgehead atoms. The van der Waals surface area contributed by atoms with Gasteiger partial charge in [-0.25, -0.2) is 0 Å². The van der Waals surface area contributed by atoms with Gasteiger partial charge in [-0.05, 0) is 49.6 Å². The fourth-order valence-electron chi connectivity index (χ4n) is 2.03. The Labute approximate surface area is 84.8 Å². The largest absolute Gasteiger partial charge is 0.478 e. The molecule has 3 nitrogen and oxygen atoms in total. The first-order chi connectivity index (χ1) is 6.81. The maximum absolute atomic E-state index is 7.42. The molecule has 78 valence electrons. The molecule has 0 atom stereocenters. The molecule has 0 aromatic heterocycles. The highest BCUT2D eigenvalue weighted by atomic mass is 16.5. The van der Waals surface area contributed by atoms with Gasteiger partial charge in [-0.3, -0.25) is 5.41 Å². The van der Waals surface area contributed by atoms with E-state index in [-0.39, 0.29) is 5.90 Å². The van der Waals surface area contributed by atoms with Crippen molar-refractivity contribution in [2.75, 3.05) is 6.61 Å². The molecule has 0 spiro atoms. The van der Waals surface area contributed by atoms with Gasteiger partial charge in [-0.1, -0.05) is 0 Å². The van der Waals surface area contributed by atoms with Crippen LogP contribution in [0.2, 0.25) is 0 Å². The van der Waals surface area contributed by atoms with Crippen LogP contribution in [0.1, 0.15) is 25.7 Å². The summed E-state index contributed by atoms with van der Waals surface area (Å²) in [5, 5.41) is 7.42. The number of hydrogen-bond donors (Lipinski definition) is 2. The van der Waals surface area contributed by atoms with E-state index < -0.39 is 0 Å². The summed E-state index contributed by atoms with van der Waals surface area (Å²) in [5.74, 6) is 2.68. The third-order valence-corrected chi connectivity index (χ3v) is 3.13. The summed E-state index contributed by atoms with van der Waals surface area (Å²) in [4.78, 5) is 0. The highest BCUT2D eigenvalue weighted by molar-refractivity contribution is 5.84. The number of rotatable bonds is 5. The number of hydrogen-bond acceptors (Lipinski definition) is 3. The number of ether oxygens (including phenoxy) is 1. The Morgan fingerprint density at radius 3 is 2.36 bits per heavy atom. The maximum Gasteiger partial charge on any atom is 0.207 e. The molecule has 0 heterocycles. The first-order valence-corrected chi connectivity index (χ1v) is 5.41. The summed E-state index contributed by atoms with van der Waals surface area (Å²) >= 11 is 0. The van der Waals surface area contributed by atoms with Gasteiger partial charge in [-0.2, -0.15) is 0 Å². The number of nitrogens with two attached hydrogens (primary N) is 1. The predicted octanol–water partition coefficient (Wildman–Crippen LogP) is 1.89. The van der Waals surface area contributed by atoms with Crippen LogP contribution in [0.25, 0.3) is 0 Å². The van der Waals surface area contributed by atoms with Gasteiger partial charge in [0, 0.05) is 6.08 Å². The van der Waals surface area contributed by atoms with Gasteiger partial charge in [0.25, 0.3) is 0 Å². The highest BCUT2D eigenvalue weighted by Gasteiger charge is 2.41. The van der Waals surface area contributed by atoms with Gasteiger partial charge >= 0.3 is 0 Å². The summed E-state index contributed by atoms with van der Waals surface area (Å²) in [7, 11) is 0. The van der Waals surface area contributed by atoms with Crippen LogP contribution in [0.15, 0.2) is 12.3 Å². The third-order valence-electron chi connectivity index (χ3n) is 3.13. The van der Waals surface area contributed by atoms with E-state index >= 15 is 0 Å². The monoisotopic (exact) mass is 194 g/mol. The van der Waals surface area contributed by atoms with Crippen LogP contribution >= 0.6 is 0 Å². The van der Waals surface area contributed by atoms with E-state index in [1.807, 2.05) is 0 Å². The van der Waals surface area contributed by atoms with Gasteiger partial charge in [0.05, 0.1) is 6.61 Å². The Morgan fingerprint density at radius 1 is 1.36 bits per heavy atom. The zero-order valence-corrected chi connectivity index (χ0v) is 8.41. The van der Waals surface area contributed by atoms with Crippen molar-refractivity contribution in [3.05, 3.63) is 12.3 Å². The minimum Gasteiger partial charge on any atom is -0.478 e. The van der Waals surface area contributed by atoms with E-state index in [9.17, 15) is 0 Å². The van der Waals surface area contributed by atoms with E-state index in [1.54, 1.807) is 0 Å². The average molecular weight is 194 g/mol. The summed E-state index contributed by atoms with van der Waals surface area (Å²) in [6.07, 6.45) is 8.31. The molecule has 0 aromatic rings. The Balaban J connectivity index is 1.73. The third kappa shape index (κ3) is 2.50. The molecule has 14 heavy (non-hydrogen) atoms. The molecule has 2 rings (SSSR count). The molecule has 2 saturated carbocycles. The number of nitrogens with one attached hydrogen (secondary N) is 1. The first-order valence-electron chi connectivity index (χ1n) is 5.41. The lowest BCUT2D eigenvalue weighted by molar-refractivity contribution is 0.202. The topological polar surface area (TPSA) is 59.1 Å². The zero-order chi connectivity index (χ0) is 9.97. The molecule has 3 N–H and O–H groups in total. The van der Waals surface area contributed by atoms with Crippen LogP contribution in [0, 0.1) is 23.2 Å². The summed E-state index contributed by atoms with van der Waals surface area (Å²) < 4.78 is 5.36. The van der Waals surface area contributed by atoms with Gasteiger partial charge in [0.1, 0.15) is 0 Å². The van der Waals surface area contributed by atoms with E-state index in [0.29, 0.717) is 5.92 Å². The SMILES string of the molecule is N=C(/C=C\N)OCC(C1CC1)C1CC1. The standard InChI is InChI=1S/C11H18N2O/c12-6-5-11(13)14-7-10(8-1-2-8)9-3-4-9/h5-6,8-10,13H,1-4,7,12H2/b6-5-,13-11?. The van der Waals surface area contributed by atoms with Gasteiger partial charge in [0.15, 0.2) is 0 Å². The fourth-order valence-corrected chi connectivity index (χ4v) is 2.03. The van der Waals surface area contributed by atoms with Crippen molar-refractivity contribution < 1.29 is 4.74 Å². The van der Waals surface area contributed by atoms with Gasteiger partial charge < -0.3 is 10.5 Å². The minimum absolute atomic E-state index is 0.193. The van der Waals surface area contributed by atoms with Gasteiger partial charge in [-0.15, -0.1) is 0 Å². The van der Waals surface area contributed by atoms with E-state index in [4.69, 9.17) is 15.9 Å². The predicted molar refractivity (Wildman–Crippen MR) is 55.9 cm³/mol. The van der Waals surface area contributed by atoms with E-state index in [2.05, 4.69) is 0 Å². The molecule has 0 aliphatic heterocycles. The quantitative estimate of drug-likeness (QED) is 0.518. The average Bonchev–Trinajstić information content (AvgIpc) is 3.01. The van der Waals surface area contributed by atoms with Crippen LogP contribution < -0.4 is 5.73 Å². The van der Waals surface area contributed by atoms with Crippen molar-refractivity contribution in [2.45, 2.75) is 25.7 Å². The van der Waals surface area contributed by atoms with Crippen LogP contribution in [0.4, 0.5) is 0 Å². The lowest BCUT2D eigenvalue weighted by Crippen LogP contribution is -2.16. The molecule has 0 unspecified atom stereocenters. The molecule has 0 aromatic carbocycles. The Morgan fingerprint density at radius 2 is 1.93 bits per heavy atom. The molecule has 0 radical (unpaired) electrons. The van der Waals surface area contributed by atoms with Crippen LogP contribution in [-0.4, -0.2) is 12.5 Å². The molecular formula is C11H18N2O. The zero-order valence-electron chi connectivity index (χ0n) is 8.41.